The van der Waals surface area contributed by atoms with E-state index in [4.69, 9.17) is 4.74 Å². The van der Waals surface area contributed by atoms with Gasteiger partial charge in [0.05, 0.1) is 13.3 Å². The molecule has 0 aliphatic heterocycles. The van der Waals surface area contributed by atoms with Gasteiger partial charge in [-0.15, -0.1) is 0 Å². The first kappa shape index (κ1) is 19.1. The molecule has 0 aliphatic carbocycles. The van der Waals surface area contributed by atoms with Crippen molar-refractivity contribution in [3.05, 3.63) is 95.6 Å². The van der Waals surface area contributed by atoms with Crippen molar-refractivity contribution in [1.82, 2.24) is 5.43 Å². The first-order valence-corrected chi connectivity index (χ1v) is 8.60. The molecular formula is C22H20N2O4. The summed E-state index contributed by atoms with van der Waals surface area (Å²) in [6.45, 7) is 0. The van der Waals surface area contributed by atoms with Crippen LogP contribution in [0.1, 0.15) is 16.7 Å². The summed E-state index contributed by atoms with van der Waals surface area (Å²) in [7, 11) is 1.44. The Labute approximate surface area is 162 Å². The van der Waals surface area contributed by atoms with Crippen LogP contribution in [0.4, 0.5) is 0 Å². The van der Waals surface area contributed by atoms with Crippen molar-refractivity contribution in [3.63, 3.8) is 0 Å². The fourth-order valence-electron chi connectivity index (χ4n) is 2.84. The lowest BCUT2D eigenvalue weighted by atomic mass is 9.85. The zero-order valence-corrected chi connectivity index (χ0v) is 15.2. The Hall–Kier alpha value is -3.64. The molecule has 0 saturated carbocycles. The van der Waals surface area contributed by atoms with Crippen LogP contribution in [0, 0.1) is 0 Å². The molecule has 6 nitrogen and oxygen atoms in total. The predicted octanol–water partition coefficient (Wildman–Crippen LogP) is 2.79. The summed E-state index contributed by atoms with van der Waals surface area (Å²) in [6.07, 6.45) is 1.28. The number of hydrazone groups is 1. The van der Waals surface area contributed by atoms with Gasteiger partial charge in [0.15, 0.2) is 17.1 Å². The highest BCUT2D eigenvalue weighted by molar-refractivity contribution is 5.91. The van der Waals surface area contributed by atoms with Gasteiger partial charge in [-0.25, -0.2) is 5.43 Å². The second kappa shape index (κ2) is 8.37. The van der Waals surface area contributed by atoms with Crippen LogP contribution in [-0.4, -0.2) is 29.4 Å². The number of hydrogen-bond acceptors (Lipinski definition) is 5. The summed E-state index contributed by atoms with van der Waals surface area (Å²) in [5.41, 5.74) is 1.64. The molecule has 0 unspecified atom stereocenters. The number of hydrogen-bond donors (Lipinski definition) is 3. The SMILES string of the molecule is COc1cccc(/C=N/NC(=O)C(O)(c2ccccc2)c2ccccc2)c1O. The summed E-state index contributed by atoms with van der Waals surface area (Å²) >= 11 is 0. The Bertz CT molecular complexity index is 933. The third-order valence-electron chi connectivity index (χ3n) is 4.33. The van der Waals surface area contributed by atoms with E-state index in [2.05, 4.69) is 10.5 Å². The first-order valence-electron chi connectivity index (χ1n) is 8.60. The number of carbonyl (C=O) groups excluding carboxylic acids is 1. The van der Waals surface area contributed by atoms with Gasteiger partial charge >= 0.3 is 0 Å². The highest BCUT2D eigenvalue weighted by atomic mass is 16.5. The van der Waals surface area contributed by atoms with Gasteiger partial charge in [0, 0.05) is 5.56 Å². The van der Waals surface area contributed by atoms with Crippen molar-refractivity contribution in [2.75, 3.05) is 7.11 Å². The number of amides is 1. The molecule has 0 atom stereocenters. The van der Waals surface area contributed by atoms with E-state index in [1.807, 2.05) is 0 Å². The van der Waals surface area contributed by atoms with Crippen LogP contribution >= 0.6 is 0 Å². The molecule has 3 aromatic rings. The number of aliphatic hydroxyl groups is 1. The number of phenols is 1. The van der Waals surface area contributed by atoms with Crippen molar-refractivity contribution in [1.29, 1.82) is 0 Å². The van der Waals surface area contributed by atoms with Crippen molar-refractivity contribution in [3.8, 4) is 11.5 Å². The number of carbonyl (C=O) groups is 1. The largest absolute Gasteiger partial charge is 0.504 e. The number of aromatic hydroxyl groups is 1. The van der Waals surface area contributed by atoms with E-state index in [9.17, 15) is 15.0 Å². The monoisotopic (exact) mass is 376 g/mol. The van der Waals surface area contributed by atoms with E-state index in [0.717, 1.165) is 0 Å². The maximum Gasteiger partial charge on any atom is 0.281 e. The molecule has 0 bridgehead atoms. The Morgan fingerprint density at radius 3 is 2.07 bits per heavy atom. The number of ether oxygens (including phenoxy) is 1. The van der Waals surface area contributed by atoms with Gasteiger partial charge in [-0.2, -0.15) is 5.10 Å². The van der Waals surface area contributed by atoms with Crippen molar-refractivity contribution >= 4 is 12.1 Å². The highest BCUT2D eigenvalue weighted by Gasteiger charge is 2.39. The van der Waals surface area contributed by atoms with Gasteiger partial charge in [-0.1, -0.05) is 66.7 Å². The number of nitrogens with one attached hydrogen (secondary N) is 1. The number of methoxy groups -OCH3 is 1. The molecule has 0 heterocycles. The maximum absolute atomic E-state index is 12.9. The van der Waals surface area contributed by atoms with Crippen LogP contribution in [-0.2, 0) is 10.4 Å². The first-order chi connectivity index (χ1) is 13.6. The van der Waals surface area contributed by atoms with Crippen LogP contribution in [0.25, 0.3) is 0 Å². The lowest BCUT2D eigenvalue weighted by Gasteiger charge is -2.27. The third-order valence-corrected chi connectivity index (χ3v) is 4.33. The van der Waals surface area contributed by atoms with E-state index in [1.165, 1.54) is 13.3 Å². The lowest BCUT2D eigenvalue weighted by Crippen LogP contribution is -2.43. The smallest absolute Gasteiger partial charge is 0.281 e. The molecule has 0 aliphatic rings. The van der Waals surface area contributed by atoms with E-state index >= 15 is 0 Å². The topological polar surface area (TPSA) is 91.2 Å². The Morgan fingerprint density at radius 1 is 0.964 bits per heavy atom. The minimum Gasteiger partial charge on any atom is -0.504 e. The Morgan fingerprint density at radius 2 is 1.54 bits per heavy atom. The van der Waals surface area contributed by atoms with Gasteiger partial charge in [-0.05, 0) is 23.3 Å². The summed E-state index contributed by atoms with van der Waals surface area (Å²) < 4.78 is 5.04. The average molecular weight is 376 g/mol. The van der Waals surface area contributed by atoms with Gasteiger partial charge in [-0.3, -0.25) is 4.79 Å². The third kappa shape index (κ3) is 3.72. The van der Waals surface area contributed by atoms with Crippen LogP contribution in [0.15, 0.2) is 84.0 Å². The minimum absolute atomic E-state index is 0.0932. The molecule has 0 spiro atoms. The van der Waals surface area contributed by atoms with E-state index in [-0.39, 0.29) is 5.75 Å². The minimum atomic E-state index is -1.92. The number of benzene rings is 3. The zero-order valence-electron chi connectivity index (χ0n) is 15.2. The molecule has 1 amide bonds. The molecule has 3 aromatic carbocycles. The second-order valence-electron chi connectivity index (χ2n) is 6.04. The van der Waals surface area contributed by atoms with Gasteiger partial charge in [0.1, 0.15) is 0 Å². The maximum atomic E-state index is 12.9. The Balaban J connectivity index is 1.89. The average Bonchev–Trinajstić information content (AvgIpc) is 2.75. The van der Waals surface area contributed by atoms with E-state index in [0.29, 0.717) is 22.4 Å². The molecule has 3 N–H and O–H groups in total. The predicted molar refractivity (Wildman–Crippen MR) is 106 cm³/mol. The van der Waals surface area contributed by atoms with Crippen LogP contribution in [0.3, 0.4) is 0 Å². The van der Waals surface area contributed by atoms with Crippen LogP contribution < -0.4 is 10.2 Å². The number of nitrogens with zero attached hydrogens (tertiary/aromatic N) is 1. The molecule has 142 valence electrons. The quantitative estimate of drug-likeness (QED) is 0.456. The summed E-state index contributed by atoms with van der Waals surface area (Å²) in [5.74, 6) is -0.520. The molecule has 0 aromatic heterocycles. The standard InChI is InChI=1S/C22H20N2O4/c1-28-19-14-8-9-16(20(19)25)15-23-24-21(26)22(27,17-10-4-2-5-11-17)18-12-6-3-7-13-18/h2-15,25,27H,1H3,(H,24,26)/b23-15+. The lowest BCUT2D eigenvalue weighted by molar-refractivity contribution is -0.136. The summed E-state index contributed by atoms with van der Waals surface area (Å²) in [4.78, 5) is 12.9. The summed E-state index contributed by atoms with van der Waals surface area (Å²) in [5, 5.41) is 25.3. The molecule has 0 fully saturated rings. The summed E-state index contributed by atoms with van der Waals surface area (Å²) in [6, 6.07) is 22.2. The fourth-order valence-corrected chi connectivity index (χ4v) is 2.84. The second-order valence-corrected chi connectivity index (χ2v) is 6.04. The zero-order chi connectivity index (χ0) is 20.0. The van der Waals surface area contributed by atoms with E-state index < -0.39 is 11.5 Å². The fraction of sp³-hybridized carbons (Fsp3) is 0.0909. The Kier molecular flexibility index (Phi) is 5.72. The van der Waals surface area contributed by atoms with Crippen molar-refractivity contribution in [2.45, 2.75) is 5.60 Å². The number of phenolic OH excluding ortho intramolecular Hbond substituents is 1. The number of para-hydroxylation sites is 1. The van der Waals surface area contributed by atoms with Gasteiger partial charge in [0.2, 0.25) is 0 Å². The molecular weight excluding hydrogens is 356 g/mol. The molecule has 6 heteroatoms. The van der Waals surface area contributed by atoms with Crippen LogP contribution in [0.5, 0.6) is 11.5 Å². The number of rotatable bonds is 6. The van der Waals surface area contributed by atoms with Crippen molar-refractivity contribution in [2.24, 2.45) is 5.10 Å². The highest BCUT2D eigenvalue weighted by Crippen LogP contribution is 2.30. The van der Waals surface area contributed by atoms with Gasteiger partial charge in [0.25, 0.3) is 5.91 Å². The van der Waals surface area contributed by atoms with Crippen molar-refractivity contribution < 1.29 is 19.7 Å². The normalized spacial score (nSPS) is 11.4. The molecule has 28 heavy (non-hydrogen) atoms. The molecule has 3 rings (SSSR count). The molecule has 0 radical (unpaired) electrons. The van der Waals surface area contributed by atoms with E-state index in [1.54, 1.807) is 78.9 Å². The van der Waals surface area contributed by atoms with Gasteiger partial charge < -0.3 is 14.9 Å². The van der Waals surface area contributed by atoms with Crippen LogP contribution in [0.2, 0.25) is 0 Å². The molecule has 0 saturated heterocycles.